The molecule has 0 heterocycles. The number of benzene rings is 2. The first-order chi connectivity index (χ1) is 10.0. The molecular weight excluding hydrogens is 275 g/mol. The minimum absolute atomic E-state index is 0.482. The summed E-state index contributed by atoms with van der Waals surface area (Å²) in [6.07, 6.45) is -1.77. The monoisotopic (exact) mass is 291 g/mol. The first kappa shape index (κ1) is 14.0. The Morgan fingerprint density at radius 2 is 1.71 bits per heavy atom. The predicted octanol–water partition coefficient (Wildman–Crippen LogP) is 5.19. The van der Waals surface area contributed by atoms with Crippen LogP contribution in [-0.2, 0) is 12.7 Å². The molecule has 0 amide bonds. The van der Waals surface area contributed by atoms with Gasteiger partial charge in [0, 0.05) is 12.2 Å². The molecule has 1 aliphatic carbocycles. The van der Waals surface area contributed by atoms with Crippen LogP contribution in [0.3, 0.4) is 0 Å². The van der Waals surface area contributed by atoms with E-state index in [-0.39, 0.29) is 0 Å². The Hall–Kier alpha value is -1.97. The summed E-state index contributed by atoms with van der Waals surface area (Å²) in [7, 11) is 0. The minimum atomic E-state index is -4.30. The van der Waals surface area contributed by atoms with Crippen molar-refractivity contribution >= 4 is 5.69 Å². The maximum Gasteiger partial charge on any atom is 0.416 e. The maximum atomic E-state index is 12.6. The lowest BCUT2D eigenvalue weighted by Crippen LogP contribution is -2.06. The van der Waals surface area contributed by atoms with E-state index in [2.05, 4.69) is 17.4 Å². The van der Waals surface area contributed by atoms with Crippen molar-refractivity contribution in [1.29, 1.82) is 0 Å². The van der Waals surface area contributed by atoms with E-state index in [9.17, 15) is 13.2 Å². The van der Waals surface area contributed by atoms with Crippen molar-refractivity contribution < 1.29 is 13.2 Å². The molecule has 0 bridgehead atoms. The Morgan fingerprint density at radius 3 is 2.33 bits per heavy atom. The summed E-state index contributed by atoms with van der Waals surface area (Å²) in [6.45, 7) is 0.520. The molecule has 0 saturated heterocycles. The second-order valence-corrected chi connectivity index (χ2v) is 5.45. The third-order valence-electron chi connectivity index (χ3n) is 3.72. The molecule has 1 aliphatic rings. The molecule has 1 N–H and O–H groups in total. The number of nitrogens with one attached hydrogen (secondary N) is 1. The highest BCUT2D eigenvalue weighted by atomic mass is 19.4. The van der Waals surface area contributed by atoms with Crippen molar-refractivity contribution in [2.45, 2.75) is 31.5 Å². The lowest BCUT2D eigenvalue weighted by molar-refractivity contribution is -0.137. The molecule has 3 rings (SSSR count). The van der Waals surface area contributed by atoms with E-state index in [1.165, 1.54) is 24.5 Å². The summed E-state index contributed by atoms with van der Waals surface area (Å²) in [6, 6.07) is 13.6. The molecule has 0 aromatic heterocycles. The highest BCUT2D eigenvalue weighted by Crippen LogP contribution is 2.39. The molecule has 1 fully saturated rings. The van der Waals surface area contributed by atoms with Gasteiger partial charge in [-0.2, -0.15) is 13.2 Å². The van der Waals surface area contributed by atoms with Crippen LogP contribution < -0.4 is 5.32 Å². The molecular formula is C17H16F3N. The summed E-state index contributed by atoms with van der Waals surface area (Å²) in [4.78, 5) is 0. The van der Waals surface area contributed by atoms with E-state index in [1.807, 2.05) is 12.1 Å². The maximum absolute atomic E-state index is 12.6. The second kappa shape index (κ2) is 5.43. The zero-order valence-electron chi connectivity index (χ0n) is 11.5. The van der Waals surface area contributed by atoms with Gasteiger partial charge in [0.1, 0.15) is 0 Å². The lowest BCUT2D eigenvalue weighted by atomic mass is 10.1. The molecule has 4 heteroatoms. The Labute approximate surface area is 121 Å². The molecule has 0 aliphatic heterocycles. The van der Waals surface area contributed by atoms with E-state index < -0.39 is 11.7 Å². The SMILES string of the molecule is FC(F)(F)c1cccc(NCc2ccc(C3CC3)cc2)c1. The van der Waals surface area contributed by atoms with E-state index in [0.717, 1.165) is 23.6 Å². The van der Waals surface area contributed by atoms with Crippen LogP contribution in [0.4, 0.5) is 18.9 Å². The van der Waals surface area contributed by atoms with Crippen LogP contribution in [0, 0.1) is 0 Å². The first-order valence-corrected chi connectivity index (χ1v) is 7.02. The van der Waals surface area contributed by atoms with Crippen molar-refractivity contribution in [3.8, 4) is 0 Å². The number of alkyl halides is 3. The molecule has 110 valence electrons. The molecule has 2 aromatic carbocycles. The number of anilines is 1. The molecule has 0 spiro atoms. The van der Waals surface area contributed by atoms with E-state index in [1.54, 1.807) is 6.07 Å². The van der Waals surface area contributed by atoms with Crippen molar-refractivity contribution in [2.24, 2.45) is 0 Å². The highest BCUT2D eigenvalue weighted by molar-refractivity contribution is 5.47. The van der Waals surface area contributed by atoms with Crippen LogP contribution in [0.1, 0.15) is 35.4 Å². The first-order valence-electron chi connectivity index (χ1n) is 7.02. The third kappa shape index (κ3) is 3.57. The Morgan fingerprint density at radius 1 is 1.00 bits per heavy atom. The summed E-state index contributed by atoms with van der Waals surface area (Å²) in [5.74, 6) is 0.718. The average molecular weight is 291 g/mol. The van der Waals surface area contributed by atoms with Gasteiger partial charge in [-0.15, -0.1) is 0 Å². The third-order valence-corrected chi connectivity index (χ3v) is 3.72. The number of halogens is 3. The Kier molecular flexibility index (Phi) is 3.62. The van der Waals surface area contributed by atoms with Crippen LogP contribution >= 0.6 is 0 Å². The summed E-state index contributed by atoms with van der Waals surface area (Å²) in [5, 5.41) is 3.04. The molecule has 0 radical (unpaired) electrons. The van der Waals surface area contributed by atoms with Gasteiger partial charge in [-0.25, -0.2) is 0 Å². The van der Waals surface area contributed by atoms with Crippen LogP contribution in [0.5, 0.6) is 0 Å². The lowest BCUT2D eigenvalue weighted by Gasteiger charge is -2.11. The number of rotatable bonds is 4. The average Bonchev–Trinajstić information content (AvgIpc) is 3.30. The van der Waals surface area contributed by atoms with Gasteiger partial charge >= 0.3 is 6.18 Å². The number of hydrogen-bond donors (Lipinski definition) is 1. The Bertz CT molecular complexity index is 613. The van der Waals surface area contributed by atoms with Crippen molar-refractivity contribution in [3.05, 3.63) is 65.2 Å². The molecule has 0 unspecified atom stereocenters. The van der Waals surface area contributed by atoms with E-state index in [0.29, 0.717) is 12.2 Å². The molecule has 0 atom stereocenters. The fourth-order valence-corrected chi connectivity index (χ4v) is 2.33. The highest BCUT2D eigenvalue weighted by Gasteiger charge is 2.30. The van der Waals surface area contributed by atoms with Gasteiger partial charge in [-0.05, 0) is 48.1 Å². The Balaban J connectivity index is 1.64. The largest absolute Gasteiger partial charge is 0.416 e. The van der Waals surface area contributed by atoms with Crippen LogP contribution in [0.15, 0.2) is 48.5 Å². The predicted molar refractivity (Wildman–Crippen MR) is 77.2 cm³/mol. The van der Waals surface area contributed by atoms with Gasteiger partial charge in [0.15, 0.2) is 0 Å². The zero-order valence-corrected chi connectivity index (χ0v) is 11.5. The summed E-state index contributed by atoms with van der Waals surface area (Å²) in [5.41, 5.74) is 2.28. The van der Waals surface area contributed by atoms with Crippen LogP contribution in [0.2, 0.25) is 0 Å². The zero-order chi connectivity index (χ0) is 14.9. The van der Waals surface area contributed by atoms with E-state index >= 15 is 0 Å². The number of hydrogen-bond acceptors (Lipinski definition) is 1. The van der Waals surface area contributed by atoms with Gasteiger partial charge in [-0.3, -0.25) is 0 Å². The normalized spacial score (nSPS) is 15.0. The van der Waals surface area contributed by atoms with E-state index in [4.69, 9.17) is 0 Å². The standard InChI is InChI=1S/C17H16F3N/c18-17(19,20)15-2-1-3-16(10-15)21-11-12-4-6-13(7-5-12)14-8-9-14/h1-7,10,14,21H,8-9,11H2. The molecule has 2 aromatic rings. The fourth-order valence-electron chi connectivity index (χ4n) is 2.33. The van der Waals surface area contributed by atoms with Gasteiger partial charge in [-0.1, -0.05) is 30.3 Å². The van der Waals surface area contributed by atoms with Gasteiger partial charge in [0.2, 0.25) is 0 Å². The van der Waals surface area contributed by atoms with Crippen LogP contribution in [0.25, 0.3) is 0 Å². The van der Waals surface area contributed by atoms with Crippen molar-refractivity contribution in [3.63, 3.8) is 0 Å². The molecule has 1 nitrogen and oxygen atoms in total. The van der Waals surface area contributed by atoms with Crippen molar-refractivity contribution in [1.82, 2.24) is 0 Å². The second-order valence-electron chi connectivity index (χ2n) is 5.45. The van der Waals surface area contributed by atoms with Crippen LogP contribution in [-0.4, -0.2) is 0 Å². The van der Waals surface area contributed by atoms with Gasteiger partial charge in [0.25, 0.3) is 0 Å². The summed E-state index contributed by atoms with van der Waals surface area (Å²) < 4.78 is 37.9. The fraction of sp³-hybridized carbons (Fsp3) is 0.294. The molecule has 1 saturated carbocycles. The van der Waals surface area contributed by atoms with Crippen molar-refractivity contribution in [2.75, 3.05) is 5.32 Å². The quantitative estimate of drug-likeness (QED) is 0.817. The summed E-state index contributed by atoms with van der Waals surface area (Å²) >= 11 is 0. The smallest absolute Gasteiger partial charge is 0.381 e. The van der Waals surface area contributed by atoms with Gasteiger partial charge < -0.3 is 5.32 Å². The van der Waals surface area contributed by atoms with Gasteiger partial charge in [0.05, 0.1) is 5.56 Å². The minimum Gasteiger partial charge on any atom is -0.381 e. The molecule has 21 heavy (non-hydrogen) atoms. The topological polar surface area (TPSA) is 12.0 Å².